The number of ether oxygens (including phenoxy) is 1. The minimum Gasteiger partial charge on any atom is -0.451 e. The largest absolute Gasteiger partial charge is 0.451 e. The molecule has 0 radical (unpaired) electrons. The monoisotopic (exact) mass is 457 g/mol. The van der Waals surface area contributed by atoms with Crippen LogP contribution in [0.4, 0.5) is 10.7 Å². The molecule has 2 aromatic rings. The first kappa shape index (κ1) is 23.5. The molecular weight excluding hydrogens is 430 g/mol. The van der Waals surface area contributed by atoms with Crippen molar-refractivity contribution in [3.8, 4) is 0 Å². The van der Waals surface area contributed by atoms with Crippen LogP contribution in [0, 0.1) is 12.3 Å². The molecule has 0 aliphatic heterocycles. The van der Waals surface area contributed by atoms with Crippen molar-refractivity contribution in [1.29, 1.82) is 0 Å². The van der Waals surface area contributed by atoms with Gasteiger partial charge < -0.3 is 20.7 Å². The maximum Gasteiger partial charge on any atom is 0.349 e. The van der Waals surface area contributed by atoms with Gasteiger partial charge in [-0.2, -0.15) is 0 Å². The van der Waals surface area contributed by atoms with Gasteiger partial charge in [-0.05, 0) is 49.6 Å². The molecule has 8 nitrogen and oxygen atoms in total. The lowest BCUT2D eigenvalue weighted by Gasteiger charge is -2.16. The topological polar surface area (TPSA) is 114 Å². The van der Waals surface area contributed by atoms with Gasteiger partial charge in [0.2, 0.25) is 5.91 Å². The summed E-state index contributed by atoms with van der Waals surface area (Å²) in [7, 11) is 0. The average molecular weight is 458 g/mol. The fraction of sp³-hybridized carbons (Fsp3) is 0.391. The number of amides is 3. The summed E-state index contributed by atoms with van der Waals surface area (Å²) in [6, 6.07) is 8.51. The van der Waals surface area contributed by atoms with Crippen LogP contribution in [0.2, 0.25) is 0 Å². The van der Waals surface area contributed by atoms with Gasteiger partial charge in [0.25, 0.3) is 11.8 Å². The second kappa shape index (κ2) is 9.52. The smallest absolute Gasteiger partial charge is 0.349 e. The molecule has 1 aromatic carbocycles. The average Bonchev–Trinajstić information content (AvgIpc) is 3.45. The van der Waals surface area contributed by atoms with Crippen molar-refractivity contribution in [2.45, 2.75) is 46.6 Å². The Morgan fingerprint density at radius 2 is 1.81 bits per heavy atom. The van der Waals surface area contributed by atoms with Gasteiger partial charge in [-0.15, -0.1) is 11.3 Å². The van der Waals surface area contributed by atoms with E-state index in [0.29, 0.717) is 26.7 Å². The molecule has 1 aromatic heterocycles. The van der Waals surface area contributed by atoms with Crippen molar-refractivity contribution < 1.29 is 23.9 Å². The molecule has 3 N–H and O–H groups in total. The molecule has 0 atom stereocenters. The predicted molar refractivity (Wildman–Crippen MR) is 123 cm³/mol. The molecule has 3 rings (SSSR count). The molecule has 9 heteroatoms. The first-order valence-corrected chi connectivity index (χ1v) is 11.1. The Bertz CT molecular complexity index is 1050. The number of carbonyl (C=O) groups excluding carboxylic acids is 4. The maximum atomic E-state index is 12.4. The summed E-state index contributed by atoms with van der Waals surface area (Å²) < 4.78 is 5.13. The summed E-state index contributed by atoms with van der Waals surface area (Å²) in [6.45, 7) is 6.65. The first-order chi connectivity index (χ1) is 15.0. The lowest BCUT2D eigenvalue weighted by molar-refractivity contribution is -0.123. The van der Waals surface area contributed by atoms with Crippen molar-refractivity contribution in [3.05, 3.63) is 46.3 Å². The van der Waals surface area contributed by atoms with E-state index in [1.807, 2.05) is 0 Å². The molecular formula is C23H27N3O5S. The first-order valence-electron chi connectivity index (χ1n) is 10.3. The third-order valence-corrected chi connectivity index (χ3v) is 5.81. The Balaban J connectivity index is 1.53. The molecule has 0 unspecified atom stereocenters. The lowest BCUT2D eigenvalue weighted by Crippen LogP contribution is -2.27. The number of benzene rings is 1. The van der Waals surface area contributed by atoms with E-state index >= 15 is 0 Å². The van der Waals surface area contributed by atoms with Gasteiger partial charge in [0.15, 0.2) is 6.61 Å². The molecule has 1 aliphatic carbocycles. The number of hydrogen-bond acceptors (Lipinski definition) is 6. The third-order valence-electron chi connectivity index (χ3n) is 4.68. The lowest BCUT2D eigenvalue weighted by atomic mass is 9.96. The van der Waals surface area contributed by atoms with Crippen LogP contribution in [-0.2, 0) is 14.3 Å². The highest BCUT2D eigenvalue weighted by Crippen LogP contribution is 2.29. The number of thiophene rings is 1. The Hall–Kier alpha value is -3.20. The molecule has 1 heterocycles. The Morgan fingerprint density at radius 1 is 1.09 bits per heavy atom. The van der Waals surface area contributed by atoms with Crippen molar-refractivity contribution in [1.82, 2.24) is 5.32 Å². The molecule has 3 amide bonds. The summed E-state index contributed by atoms with van der Waals surface area (Å²) in [5, 5.41) is 8.84. The minimum absolute atomic E-state index is 0.161. The van der Waals surface area contributed by atoms with Gasteiger partial charge >= 0.3 is 5.97 Å². The van der Waals surface area contributed by atoms with E-state index in [-0.39, 0.29) is 17.9 Å². The van der Waals surface area contributed by atoms with E-state index in [0.717, 1.165) is 24.2 Å². The highest BCUT2D eigenvalue weighted by molar-refractivity contribution is 7.18. The molecule has 0 saturated heterocycles. The zero-order valence-corrected chi connectivity index (χ0v) is 19.4. The third kappa shape index (κ3) is 6.40. The number of rotatable bonds is 7. The minimum atomic E-state index is -0.642. The van der Waals surface area contributed by atoms with Gasteiger partial charge in [-0.1, -0.05) is 26.8 Å². The van der Waals surface area contributed by atoms with Crippen molar-refractivity contribution in [2.75, 3.05) is 17.2 Å². The fourth-order valence-corrected chi connectivity index (χ4v) is 3.64. The number of carbonyl (C=O) groups is 4. The summed E-state index contributed by atoms with van der Waals surface area (Å²) in [5.41, 5.74) is 0.978. The maximum absolute atomic E-state index is 12.4. The molecule has 0 bridgehead atoms. The summed E-state index contributed by atoms with van der Waals surface area (Å²) >= 11 is 1.10. The summed E-state index contributed by atoms with van der Waals surface area (Å²) in [6.07, 6.45) is 1.98. The van der Waals surface area contributed by atoms with E-state index in [1.54, 1.807) is 58.0 Å². The molecule has 1 aliphatic rings. The normalized spacial score (nSPS) is 13.2. The number of nitrogens with one attached hydrogen (secondary N) is 3. The van der Waals surface area contributed by atoms with Crippen LogP contribution >= 0.6 is 11.3 Å². The quantitative estimate of drug-likeness (QED) is 0.548. The molecule has 32 heavy (non-hydrogen) atoms. The zero-order chi connectivity index (χ0) is 23.5. The Morgan fingerprint density at radius 3 is 2.47 bits per heavy atom. The second-order valence-electron chi connectivity index (χ2n) is 8.78. The highest BCUT2D eigenvalue weighted by atomic mass is 32.1. The van der Waals surface area contributed by atoms with E-state index in [1.165, 1.54) is 0 Å². The van der Waals surface area contributed by atoms with E-state index < -0.39 is 23.9 Å². The van der Waals surface area contributed by atoms with Crippen LogP contribution in [-0.4, -0.2) is 36.3 Å². The standard InChI is InChI=1S/C23H27N3O5S/c1-13-10-18(26-22(30)23(2,3)4)32-19(13)21(29)31-12-17(27)24-16-7-5-6-14(11-16)20(28)25-15-8-9-15/h5-7,10-11,15H,8-9,12H2,1-4H3,(H,24,27)(H,25,28)(H,26,30). The SMILES string of the molecule is Cc1cc(NC(=O)C(C)(C)C)sc1C(=O)OCC(=O)Nc1cccc(C(=O)NC2CC2)c1. The molecule has 0 spiro atoms. The van der Waals surface area contributed by atoms with Crippen LogP contribution in [0.1, 0.15) is 59.2 Å². The predicted octanol–water partition coefficient (Wildman–Crippen LogP) is 3.73. The molecule has 1 saturated carbocycles. The number of esters is 1. The van der Waals surface area contributed by atoms with Crippen molar-refractivity contribution >= 4 is 45.7 Å². The van der Waals surface area contributed by atoms with Gasteiger partial charge in [0, 0.05) is 22.7 Å². The number of hydrogen-bond donors (Lipinski definition) is 3. The highest BCUT2D eigenvalue weighted by Gasteiger charge is 2.25. The van der Waals surface area contributed by atoms with Crippen LogP contribution in [0.5, 0.6) is 0 Å². The van der Waals surface area contributed by atoms with Crippen molar-refractivity contribution in [2.24, 2.45) is 5.41 Å². The summed E-state index contributed by atoms with van der Waals surface area (Å²) in [4.78, 5) is 49.2. The van der Waals surface area contributed by atoms with E-state index in [9.17, 15) is 19.2 Å². The van der Waals surface area contributed by atoms with Crippen LogP contribution in [0.25, 0.3) is 0 Å². The Kier molecular flexibility index (Phi) is 6.98. The van der Waals surface area contributed by atoms with Gasteiger partial charge in [-0.25, -0.2) is 4.79 Å². The second-order valence-corrected chi connectivity index (χ2v) is 9.83. The fourth-order valence-electron chi connectivity index (χ4n) is 2.67. The van der Waals surface area contributed by atoms with Gasteiger partial charge in [0.1, 0.15) is 4.88 Å². The molecule has 1 fully saturated rings. The van der Waals surface area contributed by atoms with E-state index in [2.05, 4.69) is 16.0 Å². The van der Waals surface area contributed by atoms with Gasteiger partial charge in [0.05, 0.1) is 5.00 Å². The van der Waals surface area contributed by atoms with Crippen LogP contribution in [0.3, 0.4) is 0 Å². The number of anilines is 2. The van der Waals surface area contributed by atoms with Gasteiger partial charge in [-0.3, -0.25) is 14.4 Å². The number of aryl methyl sites for hydroxylation is 1. The van der Waals surface area contributed by atoms with Crippen LogP contribution < -0.4 is 16.0 Å². The summed E-state index contributed by atoms with van der Waals surface area (Å²) in [5.74, 6) is -1.51. The zero-order valence-electron chi connectivity index (χ0n) is 18.5. The molecule has 170 valence electrons. The van der Waals surface area contributed by atoms with Crippen LogP contribution in [0.15, 0.2) is 30.3 Å². The Labute approximate surface area is 190 Å². The van der Waals surface area contributed by atoms with Crippen molar-refractivity contribution in [3.63, 3.8) is 0 Å². The van der Waals surface area contributed by atoms with E-state index in [4.69, 9.17) is 4.74 Å².